The quantitative estimate of drug-likeness (QED) is 0.903. The maximum atomic E-state index is 12.2. The van der Waals surface area contributed by atoms with E-state index in [1.54, 1.807) is 11.8 Å². The van der Waals surface area contributed by atoms with Gasteiger partial charge in [0.25, 0.3) is 0 Å². The second kappa shape index (κ2) is 5.44. The smallest absolute Gasteiger partial charge is 0.228 e. The lowest BCUT2D eigenvalue weighted by molar-refractivity contribution is -0.115. The number of carbonyl (C=O) groups is 1. The summed E-state index contributed by atoms with van der Waals surface area (Å²) in [5.41, 5.74) is 3.94. The fourth-order valence-corrected chi connectivity index (χ4v) is 2.71. The van der Waals surface area contributed by atoms with Crippen molar-refractivity contribution in [2.24, 2.45) is 0 Å². The molecule has 3 heteroatoms. The maximum Gasteiger partial charge on any atom is 0.228 e. The largest absolute Gasteiger partial charge is 0.378 e. The summed E-state index contributed by atoms with van der Waals surface area (Å²) in [5, 5.41) is 3.42. The molecule has 0 aliphatic carbocycles. The summed E-state index contributed by atoms with van der Waals surface area (Å²) in [7, 11) is 0. The third kappa shape index (κ3) is 2.55. The lowest BCUT2D eigenvalue weighted by Crippen LogP contribution is -2.31. The van der Waals surface area contributed by atoms with E-state index < -0.39 is 0 Å². The van der Waals surface area contributed by atoms with Crippen molar-refractivity contribution in [3.05, 3.63) is 66.2 Å². The van der Waals surface area contributed by atoms with E-state index in [1.807, 2.05) is 54.6 Å². The predicted octanol–water partition coefficient (Wildman–Crippen LogP) is 3.89. The average molecular weight is 278 g/mol. The number of nitrogens with zero attached hydrogens (tertiary/aromatic N) is 1. The van der Waals surface area contributed by atoms with Crippen molar-refractivity contribution in [3.63, 3.8) is 0 Å². The van der Waals surface area contributed by atoms with E-state index in [1.165, 1.54) is 0 Å². The molecular weight excluding hydrogens is 260 g/mol. The lowest BCUT2D eigenvalue weighted by atomic mass is 10.0. The van der Waals surface area contributed by atoms with Crippen LogP contribution in [0, 0.1) is 0 Å². The van der Waals surface area contributed by atoms with Crippen LogP contribution in [0.4, 0.5) is 11.4 Å². The Morgan fingerprint density at radius 1 is 1.05 bits per heavy atom. The van der Waals surface area contributed by atoms with Gasteiger partial charge in [-0.15, -0.1) is 0 Å². The summed E-state index contributed by atoms with van der Waals surface area (Å²) in [6.45, 7) is 3.68. The van der Waals surface area contributed by atoms with Crippen LogP contribution in [0.5, 0.6) is 0 Å². The molecule has 1 aliphatic heterocycles. The van der Waals surface area contributed by atoms with Gasteiger partial charge in [-0.1, -0.05) is 36.4 Å². The average Bonchev–Trinajstić information content (AvgIpc) is 2.48. The van der Waals surface area contributed by atoms with E-state index in [0.29, 0.717) is 0 Å². The normalized spacial score (nSPS) is 16.5. The second-order valence-corrected chi connectivity index (χ2v) is 5.22. The van der Waals surface area contributed by atoms with E-state index in [9.17, 15) is 4.79 Å². The van der Waals surface area contributed by atoms with Gasteiger partial charge >= 0.3 is 0 Å². The number of nitrogens with one attached hydrogen (secondary N) is 1. The van der Waals surface area contributed by atoms with Crippen LogP contribution in [0.15, 0.2) is 60.7 Å². The van der Waals surface area contributed by atoms with Gasteiger partial charge in [-0.25, -0.2) is 0 Å². The highest BCUT2D eigenvalue weighted by atomic mass is 16.2. The zero-order chi connectivity index (χ0) is 14.8. The van der Waals surface area contributed by atoms with Crippen molar-refractivity contribution < 1.29 is 4.79 Å². The van der Waals surface area contributed by atoms with E-state index >= 15 is 0 Å². The summed E-state index contributed by atoms with van der Waals surface area (Å²) in [6, 6.07) is 18.0. The molecule has 0 unspecified atom stereocenters. The highest BCUT2D eigenvalue weighted by Crippen LogP contribution is 2.34. The minimum atomic E-state index is 0.0105. The fourth-order valence-electron chi connectivity index (χ4n) is 2.71. The summed E-state index contributed by atoms with van der Waals surface area (Å²) < 4.78 is 0. The van der Waals surface area contributed by atoms with Crippen LogP contribution in [-0.2, 0) is 4.79 Å². The van der Waals surface area contributed by atoms with Gasteiger partial charge in [-0.3, -0.25) is 9.69 Å². The molecule has 0 aromatic heterocycles. The highest BCUT2D eigenvalue weighted by Gasteiger charge is 2.24. The molecular formula is C18H18N2O. The van der Waals surface area contributed by atoms with E-state index in [2.05, 4.69) is 18.3 Å². The number of anilines is 2. The van der Waals surface area contributed by atoms with Gasteiger partial charge in [0, 0.05) is 29.9 Å². The highest BCUT2D eigenvalue weighted by molar-refractivity contribution is 6.06. The molecule has 3 rings (SSSR count). The monoisotopic (exact) mass is 278 g/mol. The molecule has 0 bridgehead atoms. The molecule has 0 fully saturated rings. The first-order valence-corrected chi connectivity index (χ1v) is 7.10. The molecule has 1 N–H and O–H groups in total. The van der Waals surface area contributed by atoms with Crippen LogP contribution in [0.3, 0.4) is 0 Å². The summed E-state index contributed by atoms with van der Waals surface area (Å²) >= 11 is 0. The first kappa shape index (κ1) is 13.4. The van der Waals surface area contributed by atoms with Gasteiger partial charge in [0.1, 0.15) is 0 Å². The number of hydrogen-bond acceptors (Lipinski definition) is 2. The molecule has 0 spiro atoms. The van der Waals surface area contributed by atoms with Crippen LogP contribution < -0.4 is 10.2 Å². The molecule has 0 radical (unpaired) electrons. The fraction of sp³-hybridized carbons (Fsp3) is 0.167. The Morgan fingerprint density at radius 3 is 2.43 bits per heavy atom. The molecule has 0 saturated carbocycles. The van der Waals surface area contributed by atoms with Gasteiger partial charge in [-0.05, 0) is 31.2 Å². The van der Waals surface area contributed by atoms with Crippen molar-refractivity contribution in [3.8, 4) is 0 Å². The molecule has 3 nitrogen and oxygen atoms in total. The first-order valence-electron chi connectivity index (χ1n) is 7.10. The van der Waals surface area contributed by atoms with Crippen molar-refractivity contribution >= 4 is 23.0 Å². The Hall–Kier alpha value is -2.55. The van der Waals surface area contributed by atoms with Crippen molar-refractivity contribution in [2.45, 2.75) is 19.9 Å². The number of para-hydroxylation sites is 2. The molecule has 1 amide bonds. The van der Waals surface area contributed by atoms with E-state index in [0.717, 1.165) is 22.6 Å². The molecule has 2 aromatic rings. The van der Waals surface area contributed by atoms with E-state index in [-0.39, 0.29) is 11.9 Å². The molecule has 106 valence electrons. The molecule has 21 heavy (non-hydrogen) atoms. The van der Waals surface area contributed by atoms with Gasteiger partial charge < -0.3 is 5.32 Å². The Bertz CT molecular complexity index is 691. The summed E-state index contributed by atoms with van der Waals surface area (Å²) in [6.07, 6.45) is 2.09. The lowest BCUT2D eigenvalue weighted by Gasteiger charge is -2.31. The van der Waals surface area contributed by atoms with Crippen LogP contribution in [0.2, 0.25) is 0 Å². The number of rotatable bonds is 2. The molecule has 2 aromatic carbocycles. The topological polar surface area (TPSA) is 32.3 Å². The molecule has 1 atom stereocenters. The van der Waals surface area contributed by atoms with Crippen molar-refractivity contribution in [1.82, 2.24) is 0 Å². The molecule has 0 saturated heterocycles. The van der Waals surface area contributed by atoms with Gasteiger partial charge in [-0.2, -0.15) is 0 Å². The van der Waals surface area contributed by atoms with Crippen LogP contribution in [-0.4, -0.2) is 11.9 Å². The van der Waals surface area contributed by atoms with Crippen LogP contribution in [0.1, 0.15) is 19.4 Å². The third-order valence-corrected chi connectivity index (χ3v) is 3.56. The number of hydrogen-bond donors (Lipinski definition) is 1. The third-order valence-electron chi connectivity index (χ3n) is 3.56. The van der Waals surface area contributed by atoms with Gasteiger partial charge in [0.05, 0.1) is 5.70 Å². The van der Waals surface area contributed by atoms with Gasteiger partial charge in [0.2, 0.25) is 5.91 Å². The number of benzene rings is 2. The van der Waals surface area contributed by atoms with E-state index in [4.69, 9.17) is 0 Å². The SMILES string of the molecule is CC(=O)N(C1=C[C@H](C)Nc2ccccc21)c1ccccc1. The minimum Gasteiger partial charge on any atom is -0.378 e. The molecule has 1 heterocycles. The van der Waals surface area contributed by atoms with Crippen molar-refractivity contribution in [1.29, 1.82) is 0 Å². The number of carbonyl (C=O) groups excluding carboxylic acids is 1. The van der Waals surface area contributed by atoms with Crippen molar-refractivity contribution in [2.75, 3.05) is 10.2 Å². The number of fused-ring (bicyclic) bond motifs is 1. The maximum absolute atomic E-state index is 12.2. The van der Waals surface area contributed by atoms with Gasteiger partial charge in [0.15, 0.2) is 0 Å². The van der Waals surface area contributed by atoms with Crippen LogP contribution in [0.25, 0.3) is 5.70 Å². The van der Waals surface area contributed by atoms with Crippen LogP contribution >= 0.6 is 0 Å². The Labute approximate surface area is 124 Å². The molecule has 1 aliphatic rings. The Kier molecular flexibility index (Phi) is 3.48. The minimum absolute atomic E-state index is 0.0105. The summed E-state index contributed by atoms with van der Waals surface area (Å²) in [5.74, 6) is 0.0105. The zero-order valence-electron chi connectivity index (χ0n) is 12.2. The summed E-state index contributed by atoms with van der Waals surface area (Å²) in [4.78, 5) is 14.0. The Balaban J connectivity index is 2.13. The Morgan fingerprint density at radius 2 is 1.71 bits per heavy atom. The first-order chi connectivity index (χ1) is 10.2. The number of amides is 1. The second-order valence-electron chi connectivity index (χ2n) is 5.22. The standard InChI is InChI=1S/C18H18N2O/c1-13-12-18(16-10-6-7-11-17(16)19-13)20(14(2)21)15-8-4-3-5-9-15/h3-13,19H,1-2H3/t13-/m0/s1. The predicted molar refractivity (Wildman–Crippen MR) is 87.1 cm³/mol. The zero-order valence-corrected chi connectivity index (χ0v) is 12.2.